The molecule has 0 fully saturated rings. The third kappa shape index (κ3) is 6.55. The fourth-order valence-corrected chi connectivity index (χ4v) is 3.97. The first-order valence-corrected chi connectivity index (χ1v) is 11.1. The highest BCUT2D eigenvalue weighted by molar-refractivity contribution is 7.14. The Bertz CT molecular complexity index is 1210. The first kappa shape index (κ1) is 24.7. The molecule has 10 heteroatoms. The Morgan fingerprint density at radius 1 is 1.15 bits per heavy atom. The summed E-state index contributed by atoms with van der Waals surface area (Å²) in [6.07, 6.45) is 2.93. The maximum Gasteiger partial charge on any atom is 0.244 e. The van der Waals surface area contributed by atoms with Gasteiger partial charge in [-0.1, -0.05) is 24.3 Å². The minimum absolute atomic E-state index is 0.00357. The summed E-state index contributed by atoms with van der Waals surface area (Å²) in [5.41, 5.74) is 6.63. The van der Waals surface area contributed by atoms with Crippen LogP contribution in [-0.2, 0) is 20.8 Å². The predicted molar refractivity (Wildman–Crippen MR) is 126 cm³/mol. The van der Waals surface area contributed by atoms with E-state index in [2.05, 4.69) is 10.3 Å². The number of nitrogens with zero attached hydrogens (tertiary/aromatic N) is 2. The molecule has 7 nitrogen and oxygen atoms in total. The van der Waals surface area contributed by atoms with E-state index in [0.717, 1.165) is 21.8 Å². The van der Waals surface area contributed by atoms with Gasteiger partial charge >= 0.3 is 0 Å². The first-order valence-electron chi connectivity index (χ1n) is 10.2. The molecular weight excluding hydrogens is 462 g/mol. The van der Waals surface area contributed by atoms with E-state index in [0.29, 0.717) is 5.69 Å². The summed E-state index contributed by atoms with van der Waals surface area (Å²) in [5, 5.41) is 4.48. The Morgan fingerprint density at radius 3 is 2.50 bits per heavy atom. The minimum Gasteiger partial charge on any atom is -0.369 e. The number of aromatic nitrogens is 1. The smallest absolute Gasteiger partial charge is 0.244 e. The SMILES string of the molecule is CC(=O)N(c1nc(/C=C/C(=O)NCC(Cc2ccc(F)cc2)C(N)=O)cs1)c1ccccc1F. The van der Waals surface area contributed by atoms with E-state index < -0.39 is 29.5 Å². The largest absolute Gasteiger partial charge is 0.369 e. The molecule has 176 valence electrons. The van der Waals surface area contributed by atoms with Gasteiger partial charge in [-0.05, 0) is 42.3 Å². The topological polar surface area (TPSA) is 105 Å². The number of nitrogens with two attached hydrogens (primary N) is 1. The van der Waals surface area contributed by atoms with Crippen molar-refractivity contribution in [2.75, 3.05) is 11.4 Å². The molecule has 0 aliphatic heterocycles. The lowest BCUT2D eigenvalue weighted by atomic mass is 9.98. The molecule has 0 aliphatic carbocycles. The van der Waals surface area contributed by atoms with Gasteiger partial charge in [0.05, 0.1) is 17.3 Å². The van der Waals surface area contributed by atoms with Crippen LogP contribution in [0.2, 0.25) is 0 Å². The van der Waals surface area contributed by atoms with Gasteiger partial charge in [0.15, 0.2) is 5.13 Å². The van der Waals surface area contributed by atoms with Crippen molar-refractivity contribution in [3.8, 4) is 0 Å². The van der Waals surface area contributed by atoms with Crippen LogP contribution >= 0.6 is 11.3 Å². The molecule has 3 rings (SSSR count). The van der Waals surface area contributed by atoms with Crippen molar-refractivity contribution in [2.24, 2.45) is 11.7 Å². The number of hydrogen-bond donors (Lipinski definition) is 2. The Balaban J connectivity index is 1.62. The van der Waals surface area contributed by atoms with Crippen LogP contribution in [0.15, 0.2) is 60.0 Å². The number of benzene rings is 2. The van der Waals surface area contributed by atoms with Crippen LogP contribution in [0.4, 0.5) is 19.6 Å². The molecule has 1 aromatic heterocycles. The molecular formula is C24H22F2N4O3S. The number of rotatable bonds is 9. The number of para-hydroxylation sites is 1. The molecule has 3 aromatic rings. The Kier molecular flexibility index (Phi) is 8.20. The zero-order chi connectivity index (χ0) is 24.7. The van der Waals surface area contributed by atoms with E-state index in [1.54, 1.807) is 23.6 Å². The molecule has 0 spiro atoms. The van der Waals surface area contributed by atoms with Gasteiger partial charge in [-0.3, -0.25) is 19.3 Å². The van der Waals surface area contributed by atoms with E-state index in [-0.39, 0.29) is 29.6 Å². The maximum absolute atomic E-state index is 14.2. The van der Waals surface area contributed by atoms with E-state index in [9.17, 15) is 23.2 Å². The molecule has 34 heavy (non-hydrogen) atoms. The number of hydrogen-bond acceptors (Lipinski definition) is 5. The summed E-state index contributed by atoms with van der Waals surface area (Å²) in [7, 11) is 0. The molecule has 3 amide bonds. The van der Waals surface area contributed by atoms with Gasteiger partial charge in [-0.2, -0.15) is 0 Å². The van der Waals surface area contributed by atoms with Gasteiger partial charge in [0.2, 0.25) is 17.7 Å². The number of carbonyl (C=O) groups excluding carboxylic acids is 3. The van der Waals surface area contributed by atoms with Crippen molar-refractivity contribution in [2.45, 2.75) is 13.3 Å². The summed E-state index contributed by atoms with van der Waals surface area (Å²) in [5.74, 6) is -3.09. The predicted octanol–water partition coefficient (Wildman–Crippen LogP) is 3.58. The number of amides is 3. The molecule has 1 heterocycles. The molecule has 1 unspecified atom stereocenters. The summed E-state index contributed by atoms with van der Waals surface area (Å²) in [6.45, 7) is 1.31. The van der Waals surface area contributed by atoms with Crippen LogP contribution < -0.4 is 16.0 Å². The Hall–Kier alpha value is -3.92. The van der Waals surface area contributed by atoms with Gasteiger partial charge < -0.3 is 11.1 Å². The van der Waals surface area contributed by atoms with Crippen LogP contribution in [-0.4, -0.2) is 29.3 Å². The van der Waals surface area contributed by atoms with Crippen molar-refractivity contribution in [1.82, 2.24) is 10.3 Å². The third-order valence-corrected chi connectivity index (χ3v) is 5.68. The number of anilines is 2. The van der Waals surface area contributed by atoms with Crippen molar-refractivity contribution >= 4 is 46.0 Å². The van der Waals surface area contributed by atoms with Crippen LogP contribution in [0, 0.1) is 17.6 Å². The summed E-state index contributed by atoms with van der Waals surface area (Å²) >= 11 is 1.12. The van der Waals surface area contributed by atoms with Gasteiger partial charge in [0, 0.05) is 24.9 Å². The normalized spacial score (nSPS) is 11.9. The first-order chi connectivity index (χ1) is 16.2. The summed E-state index contributed by atoms with van der Waals surface area (Å²) in [6, 6.07) is 11.5. The number of carbonyl (C=O) groups is 3. The van der Waals surface area contributed by atoms with Crippen LogP contribution in [0.1, 0.15) is 18.2 Å². The van der Waals surface area contributed by atoms with Crippen molar-refractivity contribution in [1.29, 1.82) is 0 Å². The van der Waals surface area contributed by atoms with Crippen LogP contribution in [0.25, 0.3) is 6.08 Å². The number of primary amides is 1. The second-order valence-electron chi connectivity index (χ2n) is 7.37. The second kappa shape index (κ2) is 11.3. The van der Waals surface area contributed by atoms with Crippen molar-refractivity contribution in [3.05, 3.63) is 82.9 Å². The molecule has 2 aromatic carbocycles. The Morgan fingerprint density at radius 2 is 1.85 bits per heavy atom. The lowest BCUT2D eigenvalue weighted by Crippen LogP contribution is -2.36. The average molecular weight is 485 g/mol. The van der Waals surface area contributed by atoms with Gasteiger partial charge in [0.1, 0.15) is 11.6 Å². The van der Waals surface area contributed by atoms with Gasteiger partial charge in [0.25, 0.3) is 0 Å². The van der Waals surface area contributed by atoms with Crippen LogP contribution in [0.5, 0.6) is 0 Å². The molecule has 0 bridgehead atoms. The molecule has 0 aliphatic rings. The fourth-order valence-electron chi connectivity index (χ4n) is 3.12. The van der Waals surface area contributed by atoms with Gasteiger partial charge in [-0.25, -0.2) is 13.8 Å². The molecule has 0 saturated heterocycles. The standard InChI is InChI=1S/C24H22F2N4O3S/c1-15(31)30(21-5-3-2-4-20(21)26)24-29-19(14-34-24)10-11-22(32)28-13-17(23(27)33)12-16-6-8-18(25)9-7-16/h2-11,14,17H,12-13H2,1H3,(H2,27,33)(H,28,32)/b11-10+. The Labute approximate surface area is 198 Å². The molecule has 1 atom stereocenters. The number of halogens is 2. The highest BCUT2D eigenvalue weighted by atomic mass is 32.1. The molecule has 0 radical (unpaired) electrons. The summed E-state index contributed by atoms with van der Waals surface area (Å²) in [4.78, 5) is 41.5. The highest BCUT2D eigenvalue weighted by Crippen LogP contribution is 2.30. The molecule has 0 saturated carbocycles. The second-order valence-corrected chi connectivity index (χ2v) is 8.21. The minimum atomic E-state index is -0.668. The number of nitrogens with one attached hydrogen (secondary N) is 1. The summed E-state index contributed by atoms with van der Waals surface area (Å²) < 4.78 is 27.2. The van der Waals surface area contributed by atoms with Crippen LogP contribution in [0.3, 0.4) is 0 Å². The van der Waals surface area contributed by atoms with E-state index in [1.165, 1.54) is 49.4 Å². The van der Waals surface area contributed by atoms with Gasteiger partial charge in [-0.15, -0.1) is 11.3 Å². The number of thiazole rings is 1. The fraction of sp³-hybridized carbons (Fsp3) is 0.167. The van der Waals surface area contributed by atoms with E-state index in [1.807, 2.05) is 0 Å². The molecule has 3 N–H and O–H groups in total. The lowest BCUT2D eigenvalue weighted by Gasteiger charge is -2.18. The highest BCUT2D eigenvalue weighted by Gasteiger charge is 2.21. The third-order valence-electron chi connectivity index (χ3n) is 4.84. The maximum atomic E-state index is 14.2. The average Bonchev–Trinajstić information content (AvgIpc) is 3.26. The van der Waals surface area contributed by atoms with Crippen molar-refractivity contribution in [3.63, 3.8) is 0 Å². The lowest BCUT2D eigenvalue weighted by molar-refractivity contribution is -0.122. The zero-order valence-electron chi connectivity index (χ0n) is 18.2. The zero-order valence-corrected chi connectivity index (χ0v) is 19.0. The van der Waals surface area contributed by atoms with E-state index in [4.69, 9.17) is 5.73 Å². The monoisotopic (exact) mass is 484 g/mol. The van der Waals surface area contributed by atoms with Crippen molar-refractivity contribution < 1.29 is 23.2 Å². The van der Waals surface area contributed by atoms with E-state index >= 15 is 0 Å². The quantitative estimate of drug-likeness (QED) is 0.453.